The van der Waals surface area contributed by atoms with Gasteiger partial charge < -0.3 is 0 Å². The minimum Gasteiger partial charge on any atom is -0.300 e. The molecule has 8 heavy (non-hydrogen) atoms. The molecular weight excluding hydrogens is 104 g/mol. The topological polar surface area (TPSA) is 55.1 Å². The highest BCUT2D eigenvalue weighted by Gasteiger charge is 1.93. The molecule has 0 unspecified atom stereocenters. The van der Waals surface area contributed by atoms with Crippen molar-refractivity contribution in [1.82, 2.24) is 5.43 Å². The zero-order valence-electron chi connectivity index (χ0n) is 5.11. The molecule has 0 rings (SSSR count). The highest BCUT2D eigenvalue weighted by molar-refractivity contribution is 5.78. The maximum Gasteiger partial charge on any atom is 0.133 e. The lowest BCUT2D eigenvalue weighted by atomic mass is 10.2. The van der Waals surface area contributed by atoms with Crippen molar-refractivity contribution >= 4 is 5.78 Å². The molecule has 3 nitrogen and oxygen atoms in total. The smallest absolute Gasteiger partial charge is 0.133 e. The summed E-state index contributed by atoms with van der Waals surface area (Å²) in [6, 6.07) is 0. The fourth-order valence-corrected chi connectivity index (χ4v) is 0.388. The number of rotatable bonds is 4. The Hall–Kier alpha value is -0.410. The van der Waals surface area contributed by atoms with E-state index in [0.29, 0.717) is 19.4 Å². The van der Waals surface area contributed by atoms with Gasteiger partial charge in [0.2, 0.25) is 0 Å². The molecule has 48 valence electrons. The van der Waals surface area contributed by atoms with Crippen LogP contribution in [0.25, 0.3) is 0 Å². The first kappa shape index (κ1) is 7.59. The number of carbonyl (C=O) groups excluding carboxylic acids is 1. The monoisotopic (exact) mass is 116 g/mol. The van der Waals surface area contributed by atoms with Crippen LogP contribution in [0.4, 0.5) is 0 Å². The van der Waals surface area contributed by atoms with Crippen LogP contribution in [0.5, 0.6) is 0 Å². The number of hydrazine groups is 1. The number of nitrogens with two attached hydrogens (primary N) is 1. The Bertz CT molecular complexity index is 72.8. The number of carbonyl (C=O) groups is 1. The Morgan fingerprint density at radius 3 is 2.75 bits per heavy atom. The molecule has 0 aliphatic rings. The van der Waals surface area contributed by atoms with Crippen molar-refractivity contribution in [2.24, 2.45) is 5.84 Å². The molecule has 0 spiro atoms. The van der Waals surface area contributed by atoms with Crippen molar-refractivity contribution < 1.29 is 4.79 Å². The highest BCUT2D eigenvalue weighted by atomic mass is 16.1. The van der Waals surface area contributed by atoms with Gasteiger partial charge in [0.05, 0.1) is 0 Å². The van der Waals surface area contributed by atoms with E-state index in [9.17, 15) is 4.79 Å². The first-order chi connectivity index (χ1) is 3.81. The summed E-state index contributed by atoms with van der Waals surface area (Å²) in [4.78, 5) is 10.5. The van der Waals surface area contributed by atoms with E-state index < -0.39 is 0 Å². The predicted molar refractivity (Wildman–Crippen MR) is 32.1 cm³/mol. The summed E-state index contributed by atoms with van der Waals surface area (Å²) in [7, 11) is 0. The van der Waals surface area contributed by atoms with Crippen LogP contribution in [-0.4, -0.2) is 12.3 Å². The van der Waals surface area contributed by atoms with Crippen LogP contribution < -0.4 is 11.3 Å². The van der Waals surface area contributed by atoms with Gasteiger partial charge in [0.25, 0.3) is 0 Å². The van der Waals surface area contributed by atoms with Crippen LogP contribution in [-0.2, 0) is 4.79 Å². The summed E-state index contributed by atoms with van der Waals surface area (Å²) in [5.74, 6) is 5.18. The molecule has 0 atom stereocenters. The summed E-state index contributed by atoms with van der Waals surface area (Å²) >= 11 is 0. The zero-order chi connectivity index (χ0) is 6.41. The van der Waals surface area contributed by atoms with Crippen LogP contribution in [0.3, 0.4) is 0 Å². The van der Waals surface area contributed by atoms with Crippen LogP contribution in [0.2, 0.25) is 0 Å². The molecule has 0 aliphatic carbocycles. The summed E-state index contributed by atoms with van der Waals surface area (Å²) < 4.78 is 0. The fraction of sp³-hybridized carbons (Fsp3) is 0.800. The molecule has 0 aromatic rings. The van der Waals surface area contributed by atoms with Gasteiger partial charge >= 0.3 is 0 Å². The zero-order valence-corrected chi connectivity index (χ0v) is 5.11. The van der Waals surface area contributed by atoms with Gasteiger partial charge in [0.1, 0.15) is 5.78 Å². The third-order valence-electron chi connectivity index (χ3n) is 0.943. The Morgan fingerprint density at radius 1 is 1.75 bits per heavy atom. The molecule has 0 saturated heterocycles. The number of ketones is 1. The van der Waals surface area contributed by atoms with Gasteiger partial charge in [0, 0.05) is 19.4 Å². The van der Waals surface area contributed by atoms with Gasteiger partial charge in [-0.05, 0) is 0 Å². The molecule has 0 aromatic carbocycles. The van der Waals surface area contributed by atoms with Gasteiger partial charge in [-0.15, -0.1) is 0 Å². The first-order valence-corrected chi connectivity index (χ1v) is 2.76. The molecule has 0 bridgehead atoms. The van der Waals surface area contributed by atoms with Gasteiger partial charge in [-0.2, -0.15) is 0 Å². The van der Waals surface area contributed by atoms with Crippen molar-refractivity contribution in [2.45, 2.75) is 19.8 Å². The third-order valence-corrected chi connectivity index (χ3v) is 0.943. The van der Waals surface area contributed by atoms with E-state index in [1.54, 1.807) is 0 Å². The highest BCUT2D eigenvalue weighted by Crippen LogP contribution is 1.84. The fourth-order valence-electron chi connectivity index (χ4n) is 0.388. The van der Waals surface area contributed by atoms with Crippen LogP contribution in [0, 0.1) is 0 Å². The van der Waals surface area contributed by atoms with Gasteiger partial charge in [0.15, 0.2) is 0 Å². The maximum absolute atomic E-state index is 10.5. The number of nitrogens with one attached hydrogen (secondary N) is 1. The van der Waals surface area contributed by atoms with E-state index in [2.05, 4.69) is 5.43 Å². The predicted octanol–water partition coefficient (Wildman–Crippen LogP) is -0.181. The second-order valence-corrected chi connectivity index (χ2v) is 1.60. The van der Waals surface area contributed by atoms with Crippen molar-refractivity contribution in [1.29, 1.82) is 0 Å². The largest absolute Gasteiger partial charge is 0.300 e. The van der Waals surface area contributed by atoms with Crippen molar-refractivity contribution in [2.75, 3.05) is 6.54 Å². The lowest BCUT2D eigenvalue weighted by molar-refractivity contribution is -0.118. The maximum atomic E-state index is 10.5. The van der Waals surface area contributed by atoms with E-state index in [0.717, 1.165) is 0 Å². The SMILES string of the molecule is CCC(=O)CCNN. The molecule has 0 heterocycles. The second kappa shape index (κ2) is 4.74. The molecular formula is C5H12N2O. The van der Waals surface area contributed by atoms with Gasteiger partial charge in [-0.3, -0.25) is 16.1 Å². The molecule has 0 radical (unpaired) electrons. The molecule has 0 aliphatic heterocycles. The van der Waals surface area contributed by atoms with E-state index in [1.807, 2.05) is 6.92 Å². The quantitative estimate of drug-likeness (QED) is 0.395. The van der Waals surface area contributed by atoms with E-state index in [-0.39, 0.29) is 5.78 Å². The molecule has 0 saturated carbocycles. The Balaban J connectivity index is 2.99. The lowest BCUT2D eigenvalue weighted by Crippen LogP contribution is -2.24. The minimum atomic E-state index is 0.253. The summed E-state index contributed by atoms with van der Waals surface area (Å²) in [6.07, 6.45) is 1.16. The summed E-state index contributed by atoms with van der Waals surface area (Å²) in [5.41, 5.74) is 2.41. The van der Waals surface area contributed by atoms with Crippen molar-refractivity contribution in [3.05, 3.63) is 0 Å². The molecule has 0 aromatic heterocycles. The standard InChI is InChI=1S/C5H12N2O/c1-2-5(8)3-4-7-6/h7H,2-4,6H2,1H3. The second-order valence-electron chi connectivity index (χ2n) is 1.60. The average molecular weight is 116 g/mol. The Labute approximate surface area is 49.2 Å². The van der Waals surface area contributed by atoms with Crippen LogP contribution >= 0.6 is 0 Å². The van der Waals surface area contributed by atoms with E-state index in [4.69, 9.17) is 5.84 Å². The summed E-state index contributed by atoms with van der Waals surface area (Å²) in [5, 5.41) is 0. The molecule has 3 heteroatoms. The minimum absolute atomic E-state index is 0.253. The normalized spacial score (nSPS) is 9.25. The molecule has 3 N–H and O–H groups in total. The van der Waals surface area contributed by atoms with E-state index >= 15 is 0 Å². The Morgan fingerprint density at radius 2 is 2.38 bits per heavy atom. The average Bonchev–Trinajstić information content (AvgIpc) is 1.83. The number of hydrogen-bond acceptors (Lipinski definition) is 3. The van der Waals surface area contributed by atoms with Gasteiger partial charge in [-0.25, -0.2) is 0 Å². The van der Waals surface area contributed by atoms with Gasteiger partial charge in [-0.1, -0.05) is 6.92 Å². The summed E-state index contributed by atoms with van der Waals surface area (Å²) in [6.45, 7) is 2.44. The lowest BCUT2D eigenvalue weighted by Gasteiger charge is -1.93. The van der Waals surface area contributed by atoms with Crippen molar-refractivity contribution in [3.8, 4) is 0 Å². The number of Topliss-reactive ketones (excluding diaryl/α,β-unsaturated/α-hetero) is 1. The first-order valence-electron chi connectivity index (χ1n) is 2.76. The Kier molecular flexibility index (Phi) is 4.50. The third kappa shape index (κ3) is 3.77. The number of hydrogen-bond donors (Lipinski definition) is 2. The van der Waals surface area contributed by atoms with E-state index in [1.165, 1.54) is 0 Å². The van der Waals surface area contributed by atoms with Crippen molar-refractivity contribution in [3.63, 3.8) is 0 Å². The van der Waals surface area contributed by atoms with Crippen LogP contribution in [0.15, 0.2) is 0 Å². The van der Waals surface area contributed by atoms with Crippen LogP contribution in [0.1, 0.15) is 19.8 Å². The molecule has 0 fully saturated rings. The molecule has 0 amide bonds.